The molecule has 0 saturated heterocycles. The number of hydrogen-bond acceptors (Lipinski definition) is 10. The van der Waals surface area contributed by atoms with Crippen molar-refractivity contribution >= 4 is 24.1 Å². The van der Waals surface area contributed by atoms with E-state index >= 15 is 0 Å². The summed E-state index contributed by atoms with van der Waals surface area (Å²) in [4.78, 5) is 1.83. The molecule has 2 rings (SSSR count). The van der Waals surface area contributed by atoms with Gasteiger partial charge in [-0.25, -0.2) is 16.8 Å². The summed E-state index contributed by atoms with van der Waals surface area (Å²) in [7, 11) is -10.2. The van der Waals surface area contributed by atoms with Gasteiger partial charge in [-0.05, 0) is 62.8 Å². The van der Waals surface area contributed by atoms with Gasteiger partial charge in [-0.1, -0.05) is 80.1 Å². The van der Waals surface area contributed by atoms with Crippen LogP contribution in [0.25, 0.3) is 5.53 Å². The molecule has 2 aromatic rings. The number of rotatable bonds is 26. The van der Waals surface area contributed by atoms with Crippen LogP contribution in [0, 0.1) is 0 Å². The van der Waals surface area contributed by atoms with Crippen LogP contribution in [0.3, 0.4) is 0 Å². The Hall–Kier alpha value is -3.48. The van der Waals surface area contributed by atoms with Crippen molar-refractivity contribution in [2.24, 2.45) is 0 Å². The zero-order chi connectivity index (χ0) is 37.7. The van der Waals surface area contributed by atoms with Gasteiger partial charge < -0.3 is 34.0 Å². The van der Waals surface area contributed by atoms with E-state index in [9.17, 15) is 22.4 Å². The summed E-state index contributed by atoms with van der Waals surface area (Å²) in [5, 5.41) is 0. The van der Waals surface area contributed by atoms with Gasteiger partial charge >= 0.3 is 4.38 Å². The number of hydrogen-bond donors (Lipinski definition) is 0. The summed E-state index contributed by atoms with van der Waals surface area (Å²) in [6, 6.07) is 5.18. The van der Waals surface area contributed by atoms with Crippen LogP contribution in [0.1, 0.15) is 119 Å². The van der Waals surface area contributed by atoms with Gasteiger partial charge in [0.1, 0.15) is 9.79 Å². The second kappa shape index (κ2) is 23.2. The molecule has 0 fully saturated rings. The van der Waals surface area contributed by atoms with E-state index in [1.807, 2.05) is 41.5 Å². The first-order chi connectivity index (χ1) is 24.6. The molecule has 12 nitrogen and oxygen atoms in total. The molecule has 0 unspecified atom stereocenters. The monoisotopic (exact) mass is 754 g/mol. The molecule has 0 spiro atoms. The fraction of sp³-hybridized carbons (Fsp3) is 0.649. The normalized spacial score (nSPS) is 11.5. The van der Waals surface area contributed by atoms with E-state index < -0.39 is 33.8 Å². The van der Waals surface area contributed by atoms with E-state index in [0.29, 0.717) is 38.9 Å². The van der Waals surface area contributed by atoms with Crippen molar-refractivity contribution < 1.29 is 50.0 Å². The third-order valence-corrected chi connectivity index (χ3v) is 11.9. The van der Waals surface area contributed by atoms with Crippen LogP contribution in [0.5, 0.6) is 34.5 Å². The summed E-state index contributed by atoms with van der Waals surface area (Å²) in [6.07, 6.45) is 8.85. The lowest BCUT2D eigenvalue weighted by atomic mass is 10.2. The molecule has 0 saturated carbocycles. The zero-order valence-electron chi connectivity index (χ0n) is 31.3. The first kappa shape index (κ1) is 43.7. The van der Waals surface area contributed by atoms with Crippen molar-refractivity contribution in [3.63, 3.8) is 0 Å². The average molecular weight is 755 g/mol. The maximum absolute atomic E-state index is 14.5. The third kappa shape index (κ3) is 12.3. The lowest BCUT2D eigenvalue weighted by molar-refractivity contribution is 0.00376. The SMILES string of the molecule is CCCCOc1ccc(S(=O)(=O)C(=[N+]=[N-])S(=O)(=O)c2ccc(OCCCC)c(OCCCC)c2OCCCC)c(OCCCC)c1OCCCC. The highest BCUT2D eigenvalue weighted by atomic mass is 32.3. The average Bonchev–Trinajstić information content (AvgIpc) is 3.10. The maximum atomic E-state index is 14.5. The molecule has 14 heteroatoms. The van der Waals surface area contributed by atoms with Gasteiger partial charge in [0.05, 0.1) is 39.6 Å². The smallest absolute Gasteiger partial charge is 0.490 e. The van der Waals surface area contributed by atoms with Crippen molar-refractivity contribution in [1.82, 2.24) is 0 Å². The highest BCUT2D eigenvalue weighted by Gasteiger charge is 2.48. The van der Waals surface area contributed by atoms with Crippen molar-refractivity contribution in [1.29, 1.82) is 0 Å². The van der Waals surface area contributed by atoms with E-state index in [2.05, 4.69) is 4.79 Å². The van der Waals surface area contributed by atoms with E-state index in [4.69, 9.17) is 28.4 Å². The van der Waals surface area contributed by atoms with Crippen molar-refractivity contribution in [3.8, 4) is 34.5 Å². The quantitative estimate of drug-likeness (QED) is 0.0299. The molecule has 288 valence electrons. The van der Waals surface area contributed by atoms with Crippen LogP contribution in [0.15, 0.2) is 34.1 Å². The molecule has 0 amide bonds. The van der Waals surface area contributed by atoms with Crippen molar-refractivity contribution in [3.05, 3.63) is 29.8 Å². The molecule has 0 aromatic heterocycles. The second-order valence-electron chi connectivity index (χ2n) is 12.0. The Kier molecular flexibility index (Phi) is 19.8. The van der Waals surface area contributed by atoms with E-state index in [1.165, 1.54) is 24.3 Å². The molecule has 0 N–H and O–H groups in total. The van der Waals surface area contributed by atoms with Gasteiger partial charge in [0, 0.05) is 0 Å². The number of ether oxygens (including phenoxy) is 6. The van der Waals surface area contributed by atoms with E-state index in [1.54, 1.807) is 0 Å². The van der Waals surface area contributed by atoms with Gasteiger partial charge in [-0.3, -0.25) is 0 Å². The topological polar surface area (TPSA) is 160 Å². The largest absolute Gasteiger partial charge is 0.504 e. The number of unbranched alkanes of at least 4 members (excludes halogenated alkanes) is 6. The fourth-order valence-electron chi connectivity index (χ4n) is 4.62. The van der Waals surface area contributed by atoms with Crippen LogP contribution < -0.4 is 28.4 Å². The Labute approximate surface area is 305 Å². The summed E-state index contributed by atoms with van der Waals surface area (Å²) in [5.74, 6) is 0.162. The van der Waals surface area contributed by atoms with Crippen molar-refractivity contribution in [2.45, 2.75) is 128 Å². The number of benzene rings is 2. The maximum Gasteiger partial charge on any atom is 0.504 e. The molecule has 0 atom stereocenters. The third-order valence-electron chi connectivity index (χ3n) is 7.69. The van der Waals surface area contributed by atoms with Gasteiger partial charge in [-0.2, -0.15) is 0 Å². The minimum atomic E-state index is -5.10. The first-order valence-corrected chi connectivity index (χ1v) is 21.4. The first-order valence-electron chi connectivity index (χ1n) is 18.4. The Bertz CT molecular complexity index is 1510. The molecule has 0 aliphatic heterocycles. The Balaban J connectivity index is 2.86. The summed E-state index contributed by atoms with van der Waals surface area (Å²) < 4.78 is 92.5. The highest BCUT2D eigenvalue weighted by molar-refractivity contribution is 8.31. The molecular formula is C37H58N2O10S2. The Morgan fingerprint density at radius 2 is 0.745 bits per heavy atom. The molecule has 0 aliphatic rings. The predicted molar refractivity (Wildman–Crippen MR) is 198 cm³/mol. The lowest BCUT2D eigenvalue weighted by Crippen LogP contribution is -2.27. The number of sulfone groups is 2. The molecule has 0 radical (unpaired) electrons. The molecule has 2 aromatic carbocycles. The summed E-state index contributed by atoms with van der Waals surface area (Å²) >= 11 is 0. The molecular weight excluding hydrogens is 697 g/mol. The standard InChI is InChI=1S/C37H58N2O10S2/c1-7-13-23-44-29-19-21-31(35(48-27-17-11-5)33(29)46-25-15-9-3)50(40,41)37(39-38)51(42,43)32-22-20-30(45-24-14-8-2)34(47-26-16-10-4)36(32)49-28-18-12-6/h19-22H,7-18,23-28H2,1-6H3. The number of nitrogens with zero attached hydrogens (tertiary/aromatic N) is 2. The van der Waals surface area contributed by atoms with Gasteiger partial charge in [0.15, 0.2) is 23.0 Å². The van der Waals surface area contributed by atoms with Crippen LogP contribution in [-0.4, -0.2) is 65.6 Å². The zero-order valence-corrected chi connectivity index (χ0v) is 33.0. The van der Waals surface area contributed by atoms with E-state index in [-0.39, 0.29) is 60.9 Å². The minimum Gasteiger partial charge on any atom is -0.490 e. The predicted octanol–water partition coefficient (Wildman–Crippen LogP) is 8.59. The van der Waals surface area contributed by atoms with Crippen LogP contribution in [0.4, 0.5) is 0 Å². The van der Waals surface area contributed by atoms with Crippen molar-refractivity contribution in [2.75, 3.05) is 39.6 Å². The van der Waals surface area contributed by atoms with Gasteiger partial charge in [0.25, 0.3) is 19.7 Å². The summed E-state index contributed by atoms with van der Waals surface area (Å²) in [6.45, 7) is 13.3. The Morgan fingerprint density at radius 3 is 1.02 bits per heavy atom. The van der Waals surface area contributed by atoms with Gasteiger partial charge in [0.2, 0.25) is 11.5 Å². The summed E-state index contributed by atoms with van der Waals surface area (Å²) in [5.41, 5.74) is 10.2. The lowest BCUT2D eigenvalue weighted by Gasteiger charge is -2.20. The molecule has 0 aliphatic carbocycles. The highest BCUT2D eigenvalue weighted by Crippen LogP contribution is 2.46. The molecule has 51 heavy (non-hydrogen) atoms. The fourth-order valence-corrected chi connectivity index (χ4v) is 8.19. The van der Waals surface area contributed by atoms with E-state index in [0.717, 1.165) is 51.4 Å². The second-order valence-corrected chi connectivity index (χ2v) is 16.0. The minimum absolute atomic E-state index is 0.0372. The molecule has 0 heterocycles. The van der Waals surface area contributed by atoms with Crippen LogP contribution in [-0.2, 0) is 19.7 Å². The van der Waals surface area contributed by atoms with Crippen LogP contribution >= 0.6 is 0 Å². The Morgan fingerprint density at radius 1 is 0.471 bits per heavy atom. The van der Waals surface area contributed by atoms with Gasteiger partial charge in [-0.15, -0.1) is 4.79 Å². The van der Waals surface area contributed by atoms with Crippen LogP contribution in [0.2, 0.25) is 0 Å². The molecule has 0 bridgehead atoms.